The number of benzene rings is 2. The molecule has 0 bridgehead atoms. The smallest absolute Gasteiger partial charge is 0.537 e. The Hall–Kier alpha value is -3.39. The average Bonchev–Trinajstić information content (AvgIpc) is 2.67. The summed E-state index contributed by atoms with van der Waals surface area (Å²) < 4.78 is 16.9. The normalized spacial score (nSPS) is 13.9. The van der Waals surface area contributed by atoms with Gasteiger partial charge in [0.05, 0.1) is 43.6 Å². The molecule has 0 aliphatic carbocycles. The summed E-state index contributed by atoms with van der Waals surface area (Å²) in [6, 6.07) is 11.6. The third kappa shape index (κ3) is 3.47. The van der Waals surface area contributed by atoms with Crippen molar-refractivity contribution < 1.29 is 14.0 Å². The van der Waals surface area contributed by atoms with Gasteiger partial charge in [-0.3, -0.25) is 4.99 Å². The summed E-state index contributed by atoms with van der Waals surface area (Å²) in [5.74, 6) is 0.734. The summed E-state index contributed by atoms with van der Waals surface area (Å²) >= 11 is 0. The Kier molecular flexibility index (Phi) is 4.72. The van der Waals surface area contributed by atoms with Gasteiger partial charge in [0.25, 0.3) is 0 Å². The molecule has 1 aliphatic heterocycles. The average molecular weight is 360 g/mol. The highest BCUT2D eigenvalue weighted by molar-refractivity contribution is 6.61. The van der Waals surface area contributed by atoms with Crippen LogP contribution in [0.3, 0.4) is 0 Å². The van der Waals surface area contributed by atoms with Gasteiger partial charge in [-0.25, -0.2) is 0 Å². The lowest BCUT2D eigenvalue weighted by Gasteiger charge is -2.16. The highest BCUT2D eigenvalue weighted by atomic mass is 16.6. The number of hydrogen-bond acceptors (Lipinski definition) is 7. The molecule has 0 saturated carbocycles. The van der Waals surface area contributed by atoms with Gasteiger partial charge in [-0.05, 0) is 35.3 Å². The van der Waals surface area contributed by atoms with E-state index in [0.717, 1.165) is 33.2 Å². The highest BCUT2D eigenvalue weighted by Gasteiger charge is 2.24. The number of fused-ring (bicyclic) bond motifs is 1. The fourth-order valence-electron chi connectivity index (χ4n) is 2.94. The van der Waals surface area contributed by atoms with Crippen LogP contribution >= 0.6 is 0 Å². The fourth-order valence-corrected chi connectivity index (χ4v) is 2.94. The first-order valence-electron chi connectivity index (χ1n) is 8.39. The molecule has 8 heteroatoms. The molecule has 0 atom stereocenters. The van der Waals surface area contributed by atoms with Crippen LogP contribution in [0.1, 0.15) is 0 Å². The SMILES string of the molecule is COc1ccc(B2OC=CN=CCO2)cc1-c1ccc2c(N)cnnc2c1. The number of rotatable bonds is 3. The van der Waals surface area contributed by atoms with Crippen LogP contribution in [0.15, 0.2) is 60.0 Å². The van der Waals surface area contributed by atoms with E-state index < -0.39 is 7.12 Å². The predicted molar refractivity (Wildman–Crippen MR) is 106 cm³/mol. The Morgan fingerprint density at radius 2 is 2.11 bits per heavy atom. The standard InChI is InChI=1S/C19H17BN4O3/c1-25-19-5-3-14(20-26-8-6-22-7-9-27-20)11-16(19)13-2-4-15-17(21)12-23-24-18(15)10-13/h2-8,10-12H,9H2,1H3,(H2,21,24). The van der Waals surface area contributed by atoms with E-state index in [1.165, 1.54) is 6.26 Å². The number of nitrogens with two attached hydrogens (primary N) is 1. The van der Waals surface area contributed by atoms with Crippen molar-refractivity contribution in [3.05, 3.63) is 55.1 Å². The second kappa shape index (κ2) is 7.47. The van der Waals surface area contributed by atoms with Crippen molar-refractivity contribution in [2.24, 2.45) is 4.99 Å². The van der Waals surface area contributed by atoms with Gasteiger partial charge >= 0.3 is 7.12 Å². The lowest BCUT2D eigenvalue weighted by Crippen LogP contribution is -2.36. The Labute approximate surface area is 156 Å². The monoisotopic (exact) mass is 360 g/mol. The van der Waals surface area contributed by atoms with Crippen molar-refractivity contribution in [3.63, 3.8) is 0 Å². The molecule has 134 valence electrons. The maximum absolute atomic E-state index is 5.97. The molecule has 0 radical (unpaired) electrons. The quantitative estimate of drug-likeness (QED) is 0.720. The minimum absolute atomic E-state index is 0.362. The van der Waals surface area contributed by atoms with E-state index in [9.17, 15) is 0 Å². The number of aromatic nitrogens is 2. The molecule has 3 aromatic rings. The molecule has 0 amide bonds. The van der Waals surface area contributed by atoms with Gasteiger partial charge in [0.1, 0.15) is 5.75 Å². The maximum Gasteiger partial charge on any atom is 0.562 e. The van der Waals surface area contributed by atoms with Gasteiger partial charge in [-0.1, -0.05) is 12.1 Å². The van der Waals surface area contributed by atoms with E-state index >= 15 is 0 Å². The number of anilines is 1. The third-order valence-electron chi connectivity index (χ3n) is 4.25. The molecule has 1 aliphatic rings. The summed E-state index contributed by atoms with van der Waals surface area (Å²) in [6.45, 7) is 0.362. The molecule has 7 nitrogen and oxygen atoms in total. The Bertz CT molecular complexity index is 1040. The van der Waals surface area contributed by atoms with E-state index in [2.05, 4.69) is 15.2 Å². The summed E-state index contributed by atoms with van der Waals surface area (Å²) in [5.41, 5.74) is 9.98. The van der Waals surface area contributed by atoms with Crippen LogP contribution in [0.4, 0.5) is 5.69 Å². The van der Waals surface area contributed by atoms with E-state index in [-0.39, 0.29) is 0 Å². The summed E-state index contributed by atoms with van der Waals surface area (Å²) in [6.07, 6.45) is 6.33. The molecule has 0 spiro atoms. The topological polar surface area (TPSA) is 91.8 Å². The third-order valence-corrected chi connectivity index (χ3v) is 4.25. The van der Waals surface area contributed by atoms with E-state index in [4.69, 9.17) is 19.8 Å². The first kappa shape index (κ1) is 17.1. The molecule has 0 unspecified atom stereocenters. The largest absolute Gasteiger partial charge is 0.562 e. The fraction of sp³-hybridized carbons (Fsp3) is 0.105. The van der Waals surface area contributed by atoms with Gasteiger partial charge in [0.15, 0.2) is 0 Å². The zero-order valence-electron chi connectivity index (χ0n) is 14.7. The maximum atomic E-state index is 5.97. The first-order chi connectivity index (χ1) is 13.3. The van der Waals surface area contributed by atoms with Crippen molar-refractivity contribution in [2.75, 3.05) is 19.5 Å². The Balaban J connectivity index is 1.77. The van der Waals surface area contributed by atoms with Crippen LogP contribution in [0.25, 0.3) is 22.0 Å². The van der Waals surface area contributed by atoms with Gasteiger partial charge in [-0.2, -0.15) is 10.2 Å². The van der Waals surface area contributed by atoms with Gasteiger partial charge in [0.2, 0.25) is 0 Å². The van der Waals surface area contributed by atoms with Crippen molar-refractivity contribution in [1.29, 1.82) is 0 Å². The molecule has 4 rings (SSSR count). The van der Waals surface area contributed by atoms with Crippen LogP contribution in [0, 0.1) is 0 Å². The number of aliphatic imine (C=N–C) groups is 1. The van der Waals surface area contributed by atoms with Crippen molar-refractivity contribution in [2.45, 2.75) is 0 Å². The molecule has 2 aromatic carbocycles. The summed E-state index contributed by atoms with van der Waals surface area (Å²) in [5, 5.41) is 8.97. The molecule has 27 heavy (non-hydrogen) atoms. The summed E-state index contributed by atoms with van der Waals surface area (Å²) in [4.78, 5) is 3.99. The number of hydrogen-bond donors (Lipinski definition) is 1. The van der Waals surface area contributed by atoms with Crippen LogP contribution < -0.4 is 15.9 Å². The van der Waals surface area contributed by atoms with Crippen LogP contribution in [0.2, 0.25) is 0 Å². The Morgan fingerprint density at radius 3 is 3.00 bits per heavy atom. The van der Waals surface area contributed by atoms with Crippen molar-refractivity contribution in [1.82, 2.24) is 10.2 Å². The zero-order chi connectivity index (χ0) is 18.6. The van der Waals surface area contributed by atoms with Crippen LogP contribution in [-0.4, -0.2) is 37.2 Å². The first-order valence-corrected chi connectivity index (χ1v) is 8.39. The van der Waals surface area contributed by atoms with E-state index in [1.54, 1.807) is 25.7 Å². The highest BCUT2D eigenvalue weighted by Crippen LogP contribution is 2.31. The molecule has 2 N–H and O–H groups in total. The minimum Gasteiger partial charge on any atom is -0.537 e. The van der Waals surface area contributed by atoms with Gasteiger partial charge in [-0.15, -0.1) is 0 Å². The number of nitrogen functional groups attached to an aromatic ring is 1. The van der Waals surface area contributed by atoms with Crippen LogP contribution in [0.5, 0.6) is 5.75 Å². The number of ether oxygens (including phenoxy) is 1. The predicted octanol–water partition coefficient (Wildman–Crippen LogP) is 2.17. The molecule has 0 saturated heterocycles. The summed E-state index contributed by atoms with van der Waals surface area (Å²) in [7, 11) is 1.10. The van der Waals surface area contributed by atoms with Crippen LogP contribution in [-0.2, 0) is 9.31 Å². The zero-order valence-corrected chi connectivity index (χ0v) is 14.7. The van der Waals surface area contributed by atoms with E-state index in [0.29, 0.717) is 12.3 Å². The van der Waals surface area contributed by atoms with Gasteiger partial charge in [0, 0.05) is 17.2 Å². The van der Waals surface area contributed by atoms with E-state index in [1.807, 2.05) is 36.4 Å². The second-order valence-electron chi connectivity index (χ2n) is 5.91. The molecule has 1 aromatic heterocycles. The second-order valence-corrected chi connectivity index (χ2v) is 5.91. The minimum atomic E-state index is -0.534. The van der Waals surface area contributed by atoms with Crippen molar-refractivity contribution in [3.8, 4) is 16.9 Å². The number of methoxy groups -OCH3 is 1. The van der Waals surface area contributed by atoms with Gasteiger partial charge < -0.3 is 19.8 Å². The van der Waals surface area contributed by atoms with Crippen molar-refractivity contribution >= 4 is 35.4 Å². The number of nitrogens with zero attached hydrogens (tertiary/aromatic N) is 3. The lowest BCUT2D eigenvalue weighted by molar-refractivity contribution is 0.297. The molecule has 2 heterocycles. The molecule has 0 fully saturated rings. The molecular formula is C19H17BN4O3. The Morgan fingerprint density at radius 1 is 1.19 bits per heavy atom. The lowest BCUT2D eigenvalue weighted by atomic mass is 9.77. The molecular weight excluding hydrogens is 343 g/mol.